The molecule has 0 bridgehead atoms. The summed E-state index contributed by atoms with van der Waals surface area (Å²) in [6.07, 6.45) is 2.58. The minimum atomic E-state index is -0.623. The second-order valence-corrected chi connectivity index (χ2v) is 13.3. The van der Waals surface area contributed by atoms with Crippen LogP contribution in [0.15, 0.2) is 84.9 Å². The molecular formula is C39H41FN6O4. The zero-order valence-electron chi connectivity index (χ0n) is 27.9. The highest BCUT2D eigenvalue weighted by Crippen LogP contribution is 2.31. The van der Waals surface area contributed by atoms with Crippen LogP contribution in [-0.2, 0) is 16.1 Å². The summed E-state index contributed by atoms with van der Waals surface area (Å²) in [6, 6.07) is 26.4. The number of anilines is 1. The zero-order chi connectivity index (χ0) is 34.6. The minimum Gasteiger partial charge on any atom is -0.457 e. The fourth-order valence-electron chi connectivity index (χ4n) is 7.30. The number of hydrogen-bond donors (Lipinski definition) is 2. The van der Waals surface area contributed by atoms with Crippen molar-refractivity contribution in [3.05, 3.63) is 107 Å². The largest absolute Gasteiger partial charge is 0.457 e. The van der Waals surface area contributed by atoms with Gasteiger partial charge in [0.15, 0.2) is 0 Å². The molecule has 4 heterocycles. The van der Waals surface area contributed by atoms with Crippen molar-refractivity contribution < 1.29 is 23.5 Å². The van der Waals surface area contributed by atoms with Crippen LogP contribution < -0.4 is 20.7 Å². The fourth-order valence-corrected chi connectivity index (χ4v) is 7.30. The number of nitrogens with zero attached hydrogens (tertiary/aromatic N) is 4. The number of carbonyl (C=O) groups excluding carboxylic acids is 3. The molecule has 0 radical (unpaired) electrons. The summed E-state index contributed by atoms with van der Waals surface area (Å²) in [5.74, 6) is 0.00819. The molecule has 7 rings (SSSR count). The first-order chi connectivity index (χ1) is 24.3. The van der Waals surface area contributed by atoms with E-state index in [-0.39, 0.29) is 18.1 Å². The van der Waals surface area contributed by atoms with Gasteiger partial charge in [0.05, 0.1) is 17.2 Å². The van der Waals surface area contributed by atoms with Crippen LogP contribution in [0.4, 0.5) is 10.2 Å². The van der Waals surface area contributed by atoms with E-state index in [9.17, 15) is 14.4 Å². The number of nitrogens with two attached hydrogens (primary N) is 1. The van der Waals surface area contributed by atoms with E-state index in [0.717, 1.165) is 74.8 Å². The lowest BCUT2D eigenvalue weighted by Crippen LogP contribution is -2.53. The Bertz CT molecular complexity index is 1850. The standard InChI is InChI=1S/C39H41FN6O4/c40-34-24-26(6-11-31(34)32-13-15-36(47)43-39(32)49)25-44-20-22-45(23-21-44)28-16-18-46(19-17-28)35-14-12-33(38(41)48)37(42-35)27-7-9-30(10-8-27)50-29-4-2-1-3-5-29/h1-12,14,24,28,32H,13,15-23,25H2,(H2,41,48)(H,43,47,49). The van der Waals surface area contributed by atoms with Crippen LogP contribution in [0.25, 0.3) is 11.3 Å². The van der Waals surface area contributed by atoms with Crippen LogP contribution in [0.5, 0.6) is 11.5 Å². The highest BCUT2D eigenvalue weighted by Gasteiger charge is 2.31. The van der Waals surface area contributed by atoms with Crippen LogP contribution >= 0.6 is 0 Å². The summed E-state index contributed by atoms with van der Waals surface area (Å²) in [7, 11) is 0. The van der Waals surface area contributed by atoms with Gasteiger partial charge in [-0.15, -0.1) is 0 Å². The maximum absolute atomic E-state index is 15.0. The van der Waals surface area contributed by atoms with E-state index < -0.39 is 17.7 Å². The van der Waals surface area contributed by atoms with E-state index in [1.54, 1.807) is 12.1 Å². The molecule has 1 aromatic heterocycles. The highest BCUT2D eigenvalue weighted by molar-refractivity contribution is 6.01. The number of benzene rings is 3. The summed E-state index contributed by atoms with van der Waals surface area (Å²) in [5.41, 5.74) is 8.72. The van der Waals surface area contributed by atoms with Crippen molar-refractivity contribution in [2.75, 3.05) is 44.2 Å². The fraction of sp³-hybridized carbons (Fsp3) is 0.333. The van der Waals surface area contributed by atoms with Crippen LogP contribution in [0.2, 0.25) is 0 Å². The molecule has 11 heteroatoms. The molecule has 50 heavy (non-hydrogen) atoms. The van der Waals surface area contributed by atoms with E-state index >= 15 is 4.39 Å². The number of primary amides is 1. The minimum absolute atomic E-state index is 0.227. The van der Waals surface area contributed by atoms with Gasteiger partial charge in [-0.1, -0.05) is 30.3 Å². The number of imide groups is 1. The third-order valence-corrected chi connectivity index (χ3v) is 10.1. The number of para-hydroxylation sites is 1. The number of carbonyl (C=O) groups is 3. The van der Waals surface area contributed by atoms with E-state index in [1.165, 1.54) is 6.07 Å². The maximum atomic E-state index is 15.0. The maximum Gasteiger partial charge on any atom is 0.250 e. The first-order valence-electron chi connectivity index (χ1n) is 17.3. The monoisotopic (exact) mass is 676 g/mol. The number of piperidine rings is 2. The van der Waals surface area contributed by atoms with Crippen molar-refractivity contribution >= 4 is 23.5 Å². The van der Waals surface area contributed by atoms with Gasteiger partial charge in [-0.05, 0) is 79.4 Å². The van der Waals surface area contributed by atoms with Gasteiger partial charge in [-0.2, -0.15) is 0 Å². The topological polar surface area (TPSA) is 121 Å². The predicted octanol–water partition coefficient (Wildman–Crippen LogP) is 5.09. The molecule has 3 saturated heterocycles. The molecule has 3 aromatic carbocycles. The number of pyridine rings is 1. The molecule has 1 atom stereocenters. The number of piperazine rings is 1. The number of aromatic nitrogens is 1. The SMILES string of the molecule is NC(=O)c1ccc(N2CCC(N3CCN(Cc4ccc(C5CCC(=O)NC5=O)c(F)c4)CC3)CC2)nc1-c1ccc(Oc2ccccc2)cc1. The highest BCUT2D eigenvalue weighted by atomic mass is 19.1. The summed E-state index contributed by atoms with van der Waals surface area (Å²) >= 11 is 0. The van der Waals surface area contributed by atoms with Crippen molar-refractivity contribution in [2.24, 2.45) is 5.73 Å². The molecular weight excluding hydrogens is 635 g/mol. The Morgan fingerprint density at radius 2 is 1.58 bits per heavy atom. The van der Waals surface area contributed by atoms with Crippen molar-refractivity contribution in [3.63, 3.8) is 0 Å². The Labute approximate surface area is 291 Å². The number of halogens is 1. The van der Waals surface area contributed by atoms with E-state index in [0.29, 0.717) is 41.6 Å². The Hall–Kier alpha value is -5.13. The molecule has 10 nitrogen and oxygen atoms in total. The van der Waals surface area contributed by atoms with Crippen LogP contribution in [0.1, 0.15) is 53.1 Å². The van der Waals surface area contributed by atoms with Gasteiger partial charge in [0.2, 0.25) is 11.8 Å². The Kier molecular flexibility index (Phi) is 9.86. The molecule has 1 unspecified atom stereocenters. The Morgan fingerprint density at radius 3 is 2.26 bits per heavy atom. The summed E-state index contributed by atoms with van der Waals surface area (Å²) in [5, 5.41) is 2.32. The average Bonchev–Trinajstić information content (AvgIpc) is 3.13. The normalized spacial score (nSPS) is 19.3. The molecule has 3 aliphatic rings. The molecule has 0 saturated carbocycles. The summed E-state index contributed by atoms with van der Waals surface area (Å²) in [4.78, 5) is 48.2. The summed E-state index contributed by atoms with van der Waals surface area (Å²) < 4.78 is 21.0. The van der Waals surface area contributed by atoms with Gasteiger partial charge in [0, 0.05) is 69.4 Å². The second kappa shape index (κ2) is 14.8. The molecule has 0 spiro atoms. The van der Waals surface area contributed by atoms with Crippen molar-refractivity contribution in [2.45, 2.75) is 44.2 Å². The molecule has 3 N–H and O–H groups in total. The lowest BCUT2D eigenvalue weighted by atomic mass is 9.89. The van der Waals surface area contributed by atoms with E-state index in [2.05, 4.69) is 20.0 Å². The van der Waals surface area contributed by atoms with Gasteiger partial charge >= 0.3 is 0 Å². The lowest BCUT2D eigenvalue weighted by molar-refractivity contribution is -0.134. The lowest BCUT2D eigenvalue weighted by Gasteiger charge is -2.43. The van der Waals surface area contributed by atoms with E-state index in [1.807, 2.05) is 66.7 Å². The van der Waals surface area contributed by atoms with E-state index in [4.69, 9.17) is 15.5 Å². The second-order valence-electron chi connectivity index (χ2n) is 13.3. The number of amides is 3. The molecule has 3 amide bonds. The smallest absolute Gasteiger partial charge is 0.250 e. The molecule has 0 aliphatic carbocycles. The molecule has 3 aliphatic heterocycles. The third kappa shape index (κ3) is 7.54. The van der Waals surface area contributed by atoms with Crippen molar-refractivity contribution in [1.29, 1.82) is 0 Å². The van der Waals surface area contributed by atoms with Gasteiger partial charge in [-0.3, -0.25) is 29.5 Å². The third-order valence-electron chi connectivity index (χ3n) is 10.1. The van der Waals surface area contributed by atoms with Crippen LogP contribution in [-0.4, -0.2) is 77.8 Å². The van der Waals surface area contributed by atoms with Gasteiger partial charge in [-0.25, -0.2) is 9.37 Å². The number of nitrogens with one attached hydrogen (secondary N) is 1. The van der Waals surface area contributed by atoms with Crippen molar-refractivity contribution in [3.8, 4) is 22.8 Å². The van der Waals surface area contributed by atoms with Crippen LogP contribution in [0, 0.1) is 5.82 Å². The Balaban J connectivity index is 0.924. The molecule has 3 fully saturated rings. The van der Waals surface area contributed by atoms with Gasteiger partial charge < -0.3 is 15.4 Å². The first kappa shape index (κ1) is 33.4. The average molecular weight is 677 g/mol. The first-order valence-corrected chi connectivity index (χ1v) is 17.3. The van der Waals surface area contributed by atoms with Gasteiger partial charge in [0.1, 0.15) is 23.1 Å². The number of rotatable bonds is 9. The van der Waals surface area contributed by atoms with Crippen molar-refractivity contribution in [1.82, 2.24) is 20.1 Å². The summed E-state index contributed by atoms with van der Waals surface area (Å²) in [6.45, 7) is 6.04. The Morgan fingerprint density at radius 1 is 0.860 bits per heavy atom. The zero-order valence-corrected chi connectivity index (χ0v) is 27.9. The molecule has 258 valence electrons. The quantitative estimate of drug-likeness (QED) is 0.236. The van der Waals surface area contributed by atoms with Gasteiger partial charge in [0.25, 0.3) is 5.91 Å². The number of ether oxygens (including phenoxy) is 1. The molecule has 4 aromatic rings. The number of hydrogen-bond acceptors (Lipinski definition) is 8. The predicted molar refractivity (Wildman–Crippen MR) is 188 cm³/mol. The van der Waals surface area contributed by atoms with Crippen LogP contribution in [0.3, 0.4) is 0 Å².